The molecule has 1 rings (SSSR count). The number of nitrogens with zero attached hydrogens (tertiary/aromatic N) is 4. The number of halogens is 1. The van der Waals surface area contributed by atoms with Crippen LogP contribution in [0.2, 0.25) is 0 Å². The fourth-order valence-electron chi connectivity index (χ4n) is 1.22. The zero-order chi connectivity index (χ0) is 10.4. The van der Waals surface area contributed by atoms with E-state index in [0.29, 0.717) is 17.7 Å². The van der Waals surface area contributed by atoms with Crippen molar-refractivity contribution in [1.29, 1.82) is 0 Å². The van der Waals surface area contributed by atoms with Crippen molar-refractivity contribution in [2.24, 2.45) is 13.0 Å². The van der Waals surface area contributed by atoms with Crippen LogP contribution in [0.5, 0.6) is 0 Å². The Morgan fingerprint density at radius 3 is 2.86 bits per heavy atom. The predicted molar refractivity (Wildman–Crippen MR) is 56.4 cm³/mol. The lowest BCUT2D eigenvalue weighted by molar-refractivity contribution is 0.519. The quantitative estimate of drug-likeness (QED) is 0.730. The molecule has 80 valence electrons. The van der Waals surface area contributed by atoms with E-state index < -0.39 is 0 Å². The smallest absolute Gasteiger partial charge is 0.242 e. The Labute approximate surface area is 88.8 Å². The summed E-state index contributed by atoms with van der Waals surface area (Å²) in [6.45, 7) is 3.03. The maximum Gasteiger partial charge on any atom is 0.242 e. The van der Waals surface area contributed by atoms with Crippen LogP contribution >= 0.6 is 11.6 Å². The van der Waals surface area contributed by atoms with Gasteiger partial charge in [0.2, 0.25) is 5.95 Å². The molecule has 14 heavy (non-hydrogen) atoms. The molecule has 0 saturated heterocycles. The fourth-order valence-corrected chi connectivity index (χ4v) is 1.53. The van der Waals surface area contributed by atoms with Gasteiger partial charge < -0.3 is 5.32 Å². The van der Waals surface area contributed by atoms with Gasteiger partial charge >= 0.3 is 0 Å². The monoisotopic (exact) mass is 217 g/mol. The standard InChI is InChI=1S/C8H16ClN5/c1-3-7(4-5-9)6-10-8-11-12-13-14(8)2/h7H,3-6H2,1-2H3,(H,10,11,13). The lowest BCUT2D eigenvalue weighted by Gasteiger charge is -2.13. The summed E-state index contributed by atoms with van der Waals surface area (Å²) in [6.07, 6.45) is 2.14. The van der Waals surface area contributed by atoms with Crippen LogP contribution in [0.15, 0.2) is 0 Å². The predicted octanol–water partition coefficient (Wildman–Crippen LogP) is 1.28. The van der Waals surface area contributed by atoms with Gasteiger partial charge in [-0.2, -0.15) is 0 Å². The molecule has 5 nitrogen and oxygen atoms in total. The SMILES string of the molecule is CCC(CCCl)CNc1nnnn1C. The zero-order valence-corrected chi connectivity index (χ0v) is 9.33. The van der Waals surface area contributed by atoms with Gasteiger partial charge in [-0.25, -0.2) is 4.68 Å². The van der Waals surface area contributed by atoms with E-state index in [0.717, 1.165) is 19.4 Å². The van der Waals surface area contributed by atoms with Crippen LogP contribution in [0.4, 0.5) is 5.95 Å². The van der Waals surface area contributed by atoms with Gasteiger partial charge in [0, 0.05) is 19.5 Å². The summed E-state index contributed by atoms with van der Waals surface area (Å²) in [7, 11) is 1.81. The van der Waals surface area contributed by atoms with E-state index in [2.05, 4.69) is 27.8 Å². The average molecular weight is 218 g/mol. The summed E-state index contributed by atoms with van der Waals surface area (Å²) in [4.78, 5) is 0. The molecule has 0 radical (unpaired) electrons. The van der Waals surface area contributed by atoms with Crippen LogP contribution in [-0.4, -0.2) is 32.6 Å². The summed E-state index contributed by atoms with van der Waals surface area (Å²) in [5, 5.41) is 14.3. The minimum absolute atomic E-state index is 0.587. The number of tetrazole rings is 1. The van der Waals surface area contributed by atoms with Crippen molar-refractivity contribution >= 4 is 17.5 Å². The molecule has 1 N–H and O–H groups in total. The average Bonchev–Trinajstić information content (AvgIpc) is 2.59. The molecule has 0 saturated carbocycles. The summed E-state index contributed by atoms with van der Waals surface area (Å²) in [5.74, 6) is 2.00. The van der Waals surface area contributed by atoms with E-state index in [1.54, 1.807) is 4.68 Å². The molecule has 0 aliphatic carbocycles. The summed E-state index contributed by atoms with van der Waals surface area (Å²) in [5.41, 5.74) is 0. The maximum atomic E-state index is 5.69. The number of rotatable bonds is 6. The van der Waals surface area contributed by atoms with Crippen molar-refractivity contribution in [2.75, 3.05) is 17.7 Å². The number of alkyl halides is 1. The summed E-state index contributed by atoms with van der Waals surface area (Å²) in [6, 6.07) is 0. The Balaban J connectivity index is 2.35. The van der Waals surface area contributed by atoms with E-state index in [1.807, 2.05) is 7.05 Å². The van der Waals surface area contributed by atoms with Crippen molar-refractivity contribution in [1.82, 2.24) is 20.2 Å². The molecule has 0 spiro atoms. The third-order valence-corrected chi connectivity index (χ3v) is 2.48. The fraction of sp³-hybridized carbons (Fsp3) is 0.875. The molecule has 0 aromatic carbocycles. The zero-order valence-electron chi connectivity index (χ0n) is 8.57. The highest BCUT2D eigenvalue weighted by atomic mass is 35.5. The first-order valence-corrected chi connectivity index (χ1v) is 5.33. The van der Waals surface area contributed by atoms with E-state index in [4.69, 9.17) is 11.6 Å². The van der Waals surface area contributed by atoms with Crippen LogP contribution in [-0.2, 0) is 7.05 Å². The van der Waals surface area contributed by atoms with E-state index >= 15 is 0 Å². The minimum atomic E-state index is 0.587. The maximum absolute atomic E-state index is 5.69. The number of hydrogen-bond donors (Lipinski definition) is 1. The first kappa shape index (κ1) is 11.2. The second-order valence-electron chi connectivity index (χ2n) is 3.26. The van der Waals surface area contributed by atoms with Crippen molar-refractivity contribution in [3.05, 3.63) is 0 Å². The van der Waals surface area contributed by atoms with E-state index in [9.17, 15) is 0 Å². The van der Waals surface area contributed by atoms with Gasteiger partial charge in [0.05, 0.1) is 0 Å². The molecule has 0 bridgehead atoms. The second-order valence-corrected chi connectivity index (χ2v) is 3.64. The van der Waals surface area contributed by atoms with Gasteiger partial charge in [0.25, 0.3) is 0 Å². The first-order valence-electron chi connectivity index (χ1n) is 4.80. The van der Waals surface area contributed by atoms with Crippen molar-refractivity contribution in [3.63, 3.8) is 0 Å². The van der Waals surface area contributed by atoms with Crippen LogP contribution in [0.25, 0.3) is 0 Å². The third kappa shape index (κ3) is 3.14. The molecule has 0 fully saturated rings. The van der Waals surface area contributed by atoms with E-state index in [1.165, 1.54) is 0 Å². The lowest BCUT2D eigenvalue weighted by Crippen LogP contribution is -2.16. The van der Waals surface area contributed by atoms with Gasteiger partial charge in [-0.1, -0.05) is 18.4 Å². The molecule has 1 atom stereocenters. The van der Waals surface area contributed by atoms with E-state index in [-0.39, 0.29) is 0 Å². The Hall–Kier alpha value is -0.840. The Kier molecular flexibility index (Phi) is 4.65. The largest absolute Gasteiger partial charge is 0.353 e. The summed E-state index contributed by atoms with van der Waals surface area (Å²) < 4.78 is 1.62. The minimum Gasteiger partial charge on any atom is -0.353 e. The number of aromatic nitrogens is 4. The summed E-state index contributed by atoms with van der Waals surface area (Å²) >= 11 is 5.69. The van der Waals surface area contributed by atoms with Crippen LogP contribution < -0.4 is 5.32 Å². The Morgan fingerprint density at radius 2 is 2.36 bits per heavy atom. The van der Waals surface area contributed by atoms with Gasteiger partial charge in [0.15, 0.2) is 0 Å². The molecular formula is C8H16ClN5. The second kappa shape index (κ2) is 5.80. The van der Waals surface area contributed by atoms with Crippen LogP contribution in [0.1, 0.15) is 19.8 Å². The van der Waals surface area contributed by atoms with Crippen molar-refractivity contribution < 1.29 is 0 Å². The molecule has 1 aromatic rings. The molecule has 0 amide bonds. The molecule has 1 aromatic heterocycles. The highest BCUT2D eigenvalue weighted by Gasteiger charge is 2.07. The lowest BCUT2D eigenvalue weighted by atomic mass is 10.0. The van der Waals surface area contributed by atoms with Crippen LogP contribution in [0.3, 0.4) is 0 Å². The molecular weight excluding hydrogens is 202 g/mol. The molecule has 6 heteroatoms. The number of anilines is 1. The Morgan fingerprint density at radius 1 is 1.57 bits per heavy atom. The van der Waals surface area contributed by atoms with Crippen molar-refractivity contribution in [2.45, 2.75) is 19.8 Å². The van der Waals surface area contributed by atoms with Gasteiger partial charge in [-0.05, 0) is 22.8 Å². The number of aryl methyl sites for hydroxylation is 1. The van der Waals surface area contributed by atoms with Gasteiger partial charge in [-0.15, -0.1) is 11.6 Å². The molecule has 1 heterocycles. The highest BCUT2D eigenvalue weighted by molar-refractivity contribution is 6.17. The highest BCUT2D eigenvalue weighted by Crippen LogP contribution is 2.10. The molecule has 0 aliphatic heterocycles. The normalized spacial score (nSPS) is 12.8. The van der Waals surface area contributed by atoms with Gasteiger partial charge in [-0.3, -0.25) is 0 Å². The molecule has 1 unspecified atom stereocenters. The molecule has 0 aliphatic rings. The number of hydrogen-bond acceptors (Lipinski definition) is 4. The Bertz CT molecular complexity index is 262. The van der Waals surface area contributed by atoms with Crippen LogP contribution in [0, 0.1) is 5.92 Å². The van der Waals surface area contributed by atoms with Gasteiger partial charge in [0.1, 0.15) is 0 Å². The third-order valence-electron chi connectivity index (χ3n) is 2.26. The van der Waals surface area contributed by atoms with Crippen molar-refractivity contribution in [3.8, 4) is 0 Å². The first-order chi connectivity index (χ1) is 6.77. The topological polar surface area (TPSA) is 55.6 Å². The number of nitrogens with one attached hydrogen (secondary N) is 1.